The van der Waals surface area contributed by atoms with Crippen molar-refractivity contribution in [1.82, 2.24) is 9.78 Å². The van der Waals surface area contributed by atoms with Gasteiger partial charge in [0, 0.05) is 12.4 Å². The molecule has 0 aliphatic carbocycles. The third-order valence-electron chi connectivity index (χ3n) is 3.33. The van der Waals surface area contributed by atoms with Crippen LogP contribution in [-0.4, -0.2) is 26.8 Å². The Morgan fingerprint density at radius 1 is 1.32 bits per heavy atom. The zero-order chi connectivity index (χ0) is 15.9. The molecule has 0 fully saturated rings. The van der Waals surface area contributed by atoms with Crippen LogP contribution in [0.5, 0.6) is 0 Å². The first-order valence-electron chi connectivity index (χ1n) is 6.54. The molecule has 2 aromatic heterocycles. The second-order valence-electron chi connectivity index (χ2n) is 4.84. The van der Waals surface area contributed by atoms with Gasteiger partial charge in [0.05, 0.1) is 21.8 Å². The quantitative estimate of drug-likeness (QED) is 0.778. The Morgan fingerprint density at radius 2 is 2.05 bits per heavy atom. The summed E-state index contributed by atoms with van der Waals surface area (Å²) in [7, 11) is 1.83. The predicted octanol–water partition coefficient (Wildman–Crippen LogP) is 2.89. The first kappa shape index (κ1) is 14.3. The van der Waals surface area contributed by atoms with E-state index in [1.54, 1.807) is 28.9 Å². The number of hydrogen-bond donors (Lipinski definition) is 2. The Balaban J connectivity index is 1.94. The number of fused-ring (bicyclic) bond motifs is 1. The van der Waals surface area contributed by atoms with Crippen LogP contribution in [0.1, 0.15) is 25.7 Å². The van der Waals surface area contributed by atoms with E-state index in [-0.39, 0.29) is 17.2 Å². The van der Waals surface area contributed by atoms with E-state index >= 15 is 0 Å². The van der Waals surface area contributed by atoms with Gasteiger partial charge in [0.15, 0.2) is 0 Å². The average molecular weight is 315 g/mol. The molecule has 112 valence electrons. The van der Waals surface area contributed by atoms with Crippen LogP contribution in [0.2, 0.25) is 0 Å². The molecule has 0 atom stereocenters. The van der Waals surface area contributed by atoms with Crippen molar-refractivity contribution in [3.8, 4) is 0 Å². The lowest BCUT2D eigenvalue weighted by atomic mass is 10.2. The van der Waals surface area contributed by atoms with Gasteiger partial charge in [-0.05, 0) is 25.1 Å². The summed E-state index contributed by atoms with van der Waals surface area (Å²) in [6.45, 7) is 1.89. The highest BCUT2D eigenvalue weighted by molar-refractivity contribution is 7.20. The van der Waals surface area contributed by atoms with Crippen LogP contribution in [-0.2, 0) is 7.05 Å². The van der Waals surface area contributed by atoms with Crippen LogP contribution >= 0.6 is 11.3 Å². The van der Waals surface area contributed by atoms with Crippen molar-refractivity contribution in [2.24, 2.45) is 7.05 Å². The number of aromatic nitrogens is 2. The van der Waals surface area contributed by atoms with Gasteiger partial charge in [0.25, 0.3) is 5.91 Å². The maximum atomic E-state index is 12.4. The van der Waals surface area contributed by atoms with Gasteiger partial charge in [-0.15, -0.1) is 11.3 Å². The lowest BCUT2D eigenvalue weighted by Crippen LogP contribution is -2.13. The predicted molar refractivity (Wildman–Crippen MR) is 84.7 cm³/mol. The number of para-hydroxylation sites is 1. The number of carboxylic acid groups (broad SMARTS) is 1. The minimum absolute atomic E-state index is 0.0646. The van der Waals surface area contributed by atoms with Crippen LogP contribution in [0.15, 0.2) is 30.3 Å². The van der Waals surface area contributed by atoms with Crippen LogP contribution in [0, 0.1) is 6.92 Å². The molecule has 1 aromatic carbocycles. The summed E-state index contributed by atoms with van der Waals surface area (Å²) in [6.07, 6.45) is 0. The number of hydrogen-bond acceptors (Lipinski definition) is 4. The van der Waals surface area contributed by atoms with Crippen molar-refractivity contribution >= 4 is 39.1 Å². The first-order chi connectivity index (χ1) is 10.5. The zero-order valence-electron chi connectivity index (χ0n) is 12.0. The molecule has 3 rings (SSSR count). The molecule has 0 aliphatic rings. The van der Waals surface area contributed by atoms with Gasteiger partial charge in [-0.3, -0.25) is 9.48 Å². The lowest BCUT2D eigenvalue weighted by Gasteiger charge is -2.06. The largest absolute Gasteiger partial charge is 0.478 e. The monoisotopic (exact) mass is 315 g/mol. The molecule has 0 spiro atoms. The number of amides is 1. The number of thiophene rings is 1. The molecule has 0 saturated carbocycles. The van der Waals surface area contributed by atoms with Crippen LogP contribution in [0.3, 0.4) is 0 Å². The fourth-order valence-corrected chi connectivity index (χ4v) is 3.30. The smallest absolute Gasteiger partial charge is 0.337 e. The van der Waals surface area contributed by atoms with Crippen molar-refractivity contribution in [1.29, 1.82) is 0 Å². The number of nitrogens with zero attached hydrogens (tertiary/aromatic N) is 2. The van der Waals surface area contributed by atoms with Crippen LogP contribution in [0.25, 0.3) is 10.2 Å². The Morgan fingerprint density at radius 3 is 2.73 bits per heavy atom. The summed E-state index contributed by atoms with van der Waals surface area (Å²) in [5.74, 6) is -1.40. The summed E-state index contributed by atoms with van der Waals surface area (Å²) in [4.78, 5) is 25.0. The molecule has 2 heterocycles. The molecule has 0 saturated heterocycles. The summed E-state index contributed by atoms with van der Waals surface area (Å²) in [5, 5.41) is 17.0. The number of rotatable bonds is 3. The Bertz CT molecular complexity index is 860. The van der Waals surface area contributed by atoms with E-state index in [0.29, 0.717) is 4.88 Å². The molecule has 6 nitrogen and oxygen atoms in total. The maximum Gasteiger partial charge on any atom is 0.337 e. The summed E-state index contributed by atoms with van der Waals surface area (Å²) in [5.41, 5.74) is 1.21. The zero-order valence-corrected chi connectivity index (χ0v) is 12.8. The Hall–Kier alpha value is -2.67. The van der Waals surface area contributed by atoms with E-state index in [0.717, 1.165) is 15.9 Å². The number of carbonyl (C=O) groups is 2. The Labute approximate surface area is 130 Å². The van der Waals surface area contributed by atoms with E-state index in [1.807, 2.05) is 14.0 Å². The van der Waals surface area contributed by atoms with Crippen molar-refractivity contribution in [3.63, 3.8) is 0 Å². The van der Waals surface area contributed by atoms with E-state index in [2.05, 4.69) is 10.4 Å². The fraction of sp³-hybridized carbons (Fsp3) is 0.133. The van der Waals surface area contributed by atoms with Gasteiger partial charge in [-0.1, -0.05) is 12.1 Å². The highest BCUT2D eigenvalue weighted by Crippen LogP contribution is 2.28. The minimum Gasteiger partial charge on any atom is -0.478 e. The Kier molecular flexibility index (Phi) is 3.42. The van der Waals surface area contributed by atoms with Crippen molar-refractivity contribution in [2.45, 2.75) is 6.92 Å². The van der Waals surface area contributed by atoms with Crippen LogP contribution < -0.4 is 5.32 Å². The number of aryl methyl sites for hydroxylation is 2. The number of aromatic carboxylic acids is 1. The molecular formula is C15H13N3O3S. The lowest BCUT2D eigenvalue weighted by molar-refractivity contribution is 0.0698. The van der Waals surface area contributed by atoms with E-state index in [4.69, 9.17) is 5.11 Å². The molecule has 0 unspecified atom stereocenters. The van der Waals surface area contributed by atoms with E-state index in [1.165, 1.54) is 17.4 Å². The molecule has 22 heavy (non-hydrogen) atoms. The highest BCUT2D eigenvalue weighted by Gasteiger charge is 2.17. The van der Waals surface area contributed by atoms with Gasteiger partial charge in [0.2, 0.25) is 0 Å². The van der Waals surface area contributed by atoms with E-state index < -0.39 is 5.97 Å². The molecule has 0 bridgehead atoms. The number of carboxylic acids is 1. The van der Waals surface area contributed by atoms with Crippen molar-refractivity contribution < 1.29 is 14.7 Å². The average Bonchev–Trinajstić information content (AvgIpc) is 3.02. The first-order valence-corrected chi connectivity index (χ1v) is 7.36. The minimum atomic E-state index is -1.08. The topological polar surface area (TPSA) is 84.2 Å². The SMILES string of the molecule is Cc1nn(C)c2sc(C(=O)Nc3ccccc3C(=O)O)cc12. The standard InChI is InChI=1S/C15H13N3O3S/c1-8-10-7-12(22-14(10)18(2)17-8)13(19)16-11-6-4-3-5-9(11)15(20)21/h3-7H,1-2H3,(H,16,19)(H,20,21). The van der Waals surface area contributed by atoms with Gasteiger partial charge in [-0.25, -0.2) is 4.79 Å². The summed E-state index contributed by atoms with van der Waals surface area (Å²) >= 11 is 1.33. The third-order valence-corrected chi connectivity index (χ3v) is 4.53. The number of anilines is 1. The molecule has 0 radical (unpaired) electrons. The molecule has 2 N–H and O–H groups in total. The maximum absolute atomic E-state index is 12.4. The summed E-state index contributed by atoms with van der Waals surface area (Å²) in [6, 6.07) is 8.11. The number of carbonyl (C=O) groups excluding carboxylic acids is 1. The van der Waals surface area contributed by atoms with E-state index in [9.17, 15) is 9.59 Å². The molecule has 7 heteroatoms. The molecular weight excluding hydrogens is 302 g/mol. The summed E-state index contributed by atoms with van der Waals surface area (Å²) < 4.78 is 1.73. The second-order valence-corrected chi connectivity index (χ2v) is 5.87. The second kappa shape index (κ2) is 5.27. The molecule has 1 amide bonds. The number of nitrogens with one attached hydrogen (secondary N) is 1. The van der Waals surface area contributed by atoms with Gasteiger partial charge in [-0.2, -0.15) is 5.10 Å². The van der Waals surface area contributed by atoms with Gasteiger partial charge >= 0.3 is 5.97 Å². The van der Waals surface area contributed by atoms with Crippen molar-refractivity contribution in [2.75, 3.05) is 5.32 Å². The molecule has 0 aliphatic heterocycles. The number of benzene rings is 1. The third kappa shape index (κ3) is 2.35. The normalized spacial score (nSPS) is 10.8. The van der Waals surface area contributed by atoms with Gasteiger partial charge in [0.1, 0.15) is 4.83 Å². The molecule has 3 aromatic rings. The van der Waals surface area contributed by atoms with Crippen molar-refractivity contribution in [3.05, 3.63) is 46.5 Å². The van der Waals surface area contributed by atoms with Gasteiger partial charge < -0.3 is 10.4 Å². The fourth-order valence-electron chi connectivity index (χ4n) is 2.28. The highest BCUT2D eigenvalue weighted by atomic mass is 32.1. The van der Waals surface area contributed by atoms with Crippen LogP contribution in [0.4, 0.5) is 5.69 Å².